The first-order valence-corrected chi connectivity index (χ1v) is 9.02. The Morgan fingerprint density at radius 2 is 1.86 bits per heavy atom. The van der Waals surface area contributed by atoms with Crippen LogP contribution in [-0.4, -0.2) is 34.6 Å². The van der Waals surface area contributed by atoms with Gasteiger partial charge < -0.3 is 10.2 Å². The zero-order chi connectivity index (χ0) is 19.7. The lowest BCUT2D eigenvalue weighted by Crippen LogP contribution is -2.14. The molecule has 2 aromatic carbocycles. The Morgan fingerprint density at radius 1 is 1.07 bits per heavy atom. The zero-order valence-electron chi connectivity index (χ0n) is 16.0. The van der Waals surface area contributed by atoms with Crippen molar-refractivity contribution >= 4 is 22.9 Å². The SMILES string of the molecule is Cc1cc(N(C)C)ccc1NC(=O)c1cnn2c(-c3ccccc3)ccnc12. The molecular formula is C22H21N5O. The highest BCUT2D eigenvalue weighted by atomic mass is 16.1. The van der Waals surface area contributed by atoms with Gasteiger partial charge in [-0.25, -0.2) is 9.50 Å². The number of carbonyl (C=O) groups excluding carboxylic acids is 1. The van der Waals surface area contributed by atoms with E-state index in [0.717, 1.165) is 28.2 Å². The van der Waals surface area contributed by atoms with Gasteiger partial charge in [0.2, 0.25) is 0 Å². The van der Waals surface area contributed by atoms with E-state index in [-0.39, 0.29) is 5.91 Å². The van der Waals surface area contributed by atoms with E-state index >= 15 is 0 Å². The van der Waals surface area contributed by atoms with Crippen molar-refractivity contribution in [2.75, 3.05) is 24.3 Å². The topological polar surface area (TPSA) is 62.5 Å². The van der Waals surface area contributed by atoms with Crippen molar-refractivity contribution in [1.29, 1.82) is 0 Å². The van der Waals surface area contributed by atoms with Crippen LogP contribution in [0.15, 0.2) is 67.0 Å². The van der Waals surface area contributed by atoms with Crippen molar-refractivity contribution in [3.63, 3.8) is 0 Å². The summed E-state index contributed by atoms with van der Waals surface area (Å²) in [5.74, 6) is -0.228. The van der Waals surface area contributed by atoms with Crippen LogP contribution < -0.4 is 10.2 Å². The molecule has 0 aliphatic rings. The van der Waals surface area contributed by atoms with E-state index < -0.39 is 0 Å². The van der Waals surface area contributed by atoms with Crippen LogP contribution in [0.3, 0.4) is 0 Å². The summed E-state index contributed by atoms with van der Waals surface area (Å²) in [5.41, 5.74) is 5.72. The molecule has 0 aliphatic carbocycles. The molecule has 0 radical (unpaired) electrons. The normalized spacial score (nSPS) is 10.8. The van der Waals surface area contributed by atoms with Crippen molar-refractivity contribution in [3.05, 3.63) is 78.1 Å². The van der Waals surface area contributed by atoms with Crippen molar-refractivity contribution in [3.8, 4) is 11.3 Å². The third-order valence-electron chi connectivity index (χ3n) is 4.69. The molecule has 1 amide bonds. The van der Waals surface area contributed by atoms with Gasteiger partial charge in [0.25, 0.3) is 5.91 Å². The number of hydrogen-bond donors (Lipinski definition) is 1. The second kappa shape index (κ2) is 7.15. The van der Waals surface area contributed by atoms with Gasteiger partial charge in [-0.05, 0) is 36.8 Å². The second-order valence-electron chi connectivity index (χ2n) is 6.84. The van der Waals surface area contributed by atoms with Gasteiger partial charge in [-0.2, -0.15) is 5.10 Å². The van der Waals surface area contributed by atoms with Gasteiger partial charge in [0.1, 0.15) is 5.56 Å². The molecule has 2 heterocycles. The summed E-state index contributed by atoms with van der Waals surface area (Å²) in [6.45, 7) is 1.98. The number of benzene rings is 2. The average molecular weight is 371 g/mol. The zero-order valence-corrected chi connectivity index (χ0v) is 16.0. The van der Waals surface area contributed by atoms with Gasteiger partial charge in [-0.15, -0.1) is 0 Å². The monoisotopic (exact) mass is 371 g/mol. The first kappa shape index (κ1) is 17.7. The Labute approximate surface area is 163 Å². The number of hydrogen-bond acceptors (Lipinski definition) is 4. The van der Waals surface area contributed by atoms with Gasteiger partial charge in [0.05, 0.1) is 11.9 Å². The first-order valence-electron chi connectivity index (χ1n) is 9.02. The molecule has 1 N–H and O–H groups in total. The van der Waals surface area contributed by atoms with Crippen LogP contribution in [0.2, 0.25) is 0 Å². The molecule has 0 fully saturated rings. The van der Waals surface area contributed by atoms with Crippen LogP contribution in [-0.2, 0) is 0 Å². The lowest BCUT2D eigenvalue weighted by atomic mass is 10.1. The van der Waals surface area contributed by atoms with Crippen molar-refractivity contribution < 1.29 is 4.79 Å². The highest BCUT2D eigenvalue weighted by Gasteiger charge is 2.17. The van der Waals surface area contributed by atoms with E-state index in [4.69, 9.17) is 0 Å². The largest absolute Gasteiger partial charge is 0.378 e. The Balaban J connectivity index is 1.68. The van der Waals surface area contributed by atoms with Crippen LogP contribution in [0.4, 0.5) is 11.4 Å². The van der Waals surface area contributed by atoms with Gasteiger partial charge >= 0.3 is 0 Å². The Kier molecular flexibility index (Phi) is 4.53. The number of nitrogens with zero attached hydrogens (tertiary/aromatic N) is 4. The molecular weight excluding hydrogens is 350 g/mol. The van der Waals surface area contributed by atoms with Crippen LogP contribution in [0.25, 0.3) is 16.9 Å². The lowest BCUT2D eigenvalue weighted by molar-refractivity contribution is 0.102. The molecule has 0 bridgehead atoms. The smallest absolute Gasteiger partial charge is 0.261 e. The molecule has 28 heavy (non-hydrogen) atoms. The number of anilines is 2. The van der Waals surface area contributed by atoms with E-state index in [1.165, 1.54) is 0 Å². The fourth-order valence-electron chi connectivity index (χ4n) is 3.14. The first-order chi connectivity index (χ1) is 13.5. The van der Waals surface area contributed by atoms with Gasteiger partial charge in [0.15, 0.2) is 5.65 Å². The third kappa shape index (κ3) is 3.20. The molecule has 4 aromatic rings. The average Bonchev–Trinajstić information content (AvgIpc) is 3.14. The van der Waals surface area contributed by atoms with Crippen LogP contribution in [0.5, 0.6) is 0 Å². The molecule has 6 nitrogen and oxygen atoms in total. The summed E-state index contributed by atoms with van der Waals surface area (Å²) in [6, 6.07) is 17.7. The van der Waals surface area contributed by atoms with E-state index in [2.05, 4.69) is 15.4 Å². The molecule has 2 aromatic heterocycles. The number of nitrogens with one attached hydrogen (secondary N) is 1. The molecule has 0 saturated carbocycles. The highest BCUT2D eigenvalue weighted by Crippen LogP contribution is 2.24. The summed E-state index contributed by atoms with van der Waals surface area (Å²) < 4.78 is 1.70. The Morgan fingerprint density at radius 3 is 2.57 bits per heavy atom. The van der Waals surface area contributed by atoms with E-state index in [1.807, 2.05) is 80.5 Å². The number of carbonyl (C=O) groups is 1. The number of aromatic nitrogens is 3. The standard InChI is InChI=1S/C22H21N5O/c1-15-13-17(26(2)3)9-10-19(15)25-22(28)18-14-24-27-20(11-12-23-21(18)27)16-7-5-4-6-8-16/h4-14H,1-3H3,(H,25,28). The maximum atomic E-state index is 12.9. The second-order valence-corrected chi connectivity index (χ2v) is 6.84. The van der Waals surface area contributed by atoms with Crippen LogP contribution in [0.1, 0.15) is 15.9 Å². The number of rotatable bonds is 4. The number of amides is 1. The summed E-state index contributed by atoms with van der Waals surface area (Å²) in [6.07, 6.45) is 3.26. The molecule has 0 atom stereocenters. The van der Waals surface area contributed by atoms with Gasteiger partial charge in [0, 0.05) is 37.2 Å². The summed E-state index contributed by atoms with van der Waals surface area (Å²) >= 11 is 0. The number of aryl methyl sites for hydroxylation is 1. The van der Waals surface area contributed by atoms with E-state index in [1.54, 1.807) is 16.9 Å². The molecule has 0 saturated heterocycles. The third-order valence-corrected chi connectivity index (χ3v) is 4.69. The molecule has 0 spiro atoms. The maximum absolute atomic E-state index is 12.9. The fourth-order valence-corrected chi connectivity index (χ4v) is 3.14. The van der Waals surface area contributed by atoms with Crippen LogP contribution in [0, 0.1) is 6.92 Å². The van der Waals surface area contributed by atoms with Gasteiger partial charge in [-0.1, -0.05) is 30.3 Å². The van der Waals surface area contributed by atoms with Crippen LogP contribution >= 0.6 is 0 Å². The van der Waals surface area contributed by atoms with E-state index in [0.29, 0.717) is 11.2 Å². The number of fused-ring (bicyclic) bond motifs is 1. The Hall–Kier alpha value is -3.67. The summed E-state index contributed by atoms with van der Waals surface area (Å²) in [5, 5.41) is 7.38. The molecule has 6 heteroatoms. The quantitative estimate of drug-likeness (QED) is 0.588. The fraction of sp³-hybridized carbons (Fsp3) is 0.136. The molecule has 140 valence electrons. The highest BCUT2D eigenvalue weighted by molar-refractivity contribution is 6.08. The van der Waals surface area contributed by atoms with E-state index in [9.17, 15) is 4.79 Å². The maximum Gasteiger partial charge on any atom is 0.261 e. The minimum Gasteiger partial charge on any atom is -0.378 e. The van der Waals surface area contributed by atoms with Crippen molar-refractivity contribution in [2.24, 2.45) is 0 Å². The predicted octanol–water partition coefficient (Wildman–Crippen LogP) is 4.02. The summed E-state index contributed by atoms with van der Waals surface area (Å²) in [4.78, 5) is 19.3. The minimum atomic E-state index is -0.228. The molecule has 0 aliphatic heterocycles. The van der Waals surface area contributed by atoms with Gasteiger partial charge in [-0.3, -0.25) is 4.79 Å². The molecule has 0 unspecified atom stereocenters. The summed E-state index contributed by atoms with van der Waals surface area (Å²) in [7, 11) is 3.98. The Bertz CT molecular complexity index is 1150. The lowest BCUT2D eigenvalue weighted by Gasteiger charge is -2.15. The predicted molar refractivity (Wildman–Crippen MR) is 112 cm³/mol. The van der Waals surface area contributed by atoms with Crippen molar-refractivity contribution in [2.45, 2.75) is 6.92 Å². The molecule has 4 rings (SSSR count). The minimum absolute atomic E-state index is 0.228. The van der Waals surface area contributed by atoms with Crippen molar-refractivity contribution in [1.82, 2.24) is 14.6 Å².